The zero-order valence-electron chi connectivity index (χ0n) is 44.7. The molecule has 0 aromatic rings. The second-order valence-electron chi connectivity index (χ2n) is 19.7. The number of aliphatic hydroxyl groups is 5. The molecule has 1 saturated heterocycles. The highest BCUT2D eigenvalue weighted by Crippen LogP contribution is 2.23. The number of hydrogen-bond donors (Lipinski definition) is 6. The Bertz CT molecular complexity index is 1370. The lowest BCUT2D eigenvalue weighted by Crippen LogP contribution is -2.60. The van der Waals surface area contributed by atoms with Crippen molar-refractivity contribution < 1.29 is 39.8 Å². The molecule has 0 aromatic carbocycles. The van der Waals surface area contributed by atoms with E-state index in [0.29, 0.717) is 6.42 Å². The number of nitrogens with one attached hydrogen (secondary N) is 1. The predicted octanol–water partition coefficient (Wildman–Crippen LogP) is 14.2. The van der Waals surface area contributed by atoms with Crippen LogP contribution in [0.15, 0.2) is 85.1 Å². The molecule has 9 heteroatoms. The second-order valence-corrected chi connectivity index (χ2v) is 19.7. The summed E-state index contributed by atoms with van der Waals surface area (Å²) >= 11 is 0. The van der Waals surface area contributed by atoms with Crippen LogP contribution in [0, 0.1) is 0 Å². The summed E-state index contributed by atoms with van der Waals surface area (Å²) in [7, 11) is 0. The van der Waals surface area contributed by atoms with Crippen LogP contribution in [0.4, 0.5) is 0 Å². The predicted molar refractivity (Wildman–Crippen MR) is 295 cm³/mol. The molecule has 7 unspecified atom stereocenters. The van der Waals surface area contributed by atoms with Gasteiger partial charge < -0.3 is 40.3 Å². The normalized spacial score (nSPS) is 20.0. The Morgan fingerprint density at radius 3 is 1.37 bits per heavy atom. The molecule has 404 valence electrons. The molecule has 0 bridgehead atoms. The summed E-state index contributed by atoms with van der Waals surface area (Å²) in [5, 5.41) is 54.5. The van der Waals surface area contributed by atoms with E-state index < -0.39 is 49.5 Å². The van der Waals surface area contributed by atoms with Crippen molar-refractivity contribution in [2.75, 3.05) is 13.2 Å². The molecular weight excluding hydrogens is 875 g/mol. The van der Waals surface area contributed by atoms with Crippen molar-refractivity contribution in [3.63, 3.8) is 0 Å². The molecule has 1 aliphatic heterocycles. The molecule has 1 fully saturated rings. The van der Waals surface area contributed by atoms with E-state index in [0.717, 1.165) is 83.5 Å². The van der Waals surface area contributed by atoms with Gasteiger partial charge in [-0.2, -0.15) is 0 Å². The molecule has 6 N–H and O–H groups in total. The molecule has 70 heavy (non-hydrogen) atoms. The van der Waals surface area contributed by atoms with E-state index in [9.17, 15) is 30.3 Å². The minimum atomic E-state index is -1.58. The monoisotopic (exact) mass is 982 g/mol. The van der Waals surface area contributed by atoms with Crippen LogP contribution in [-0.4, -0.2) is 87.5 Å². The Kier molecular flexibility index (Phi) is 46.6. The van der Waals surface area contributed by atoms with E-state index in [-0.39, 0.29) is 12.5 Å². The van der Waals surface area contributed by atoms with E-state index in [1.807, 2.05) is 6.08 Å². The van der Waals surface area contributed by atoms with Gasteiger partial charge in [-0.1, -0.05) is 234 Å². The first-order valence-electron chi connectivity index (χ1n) is 28.8. The standard InChI is InChI=1S/C61H107NO8/c1-3-5-7-9-11-13-15-17-19-21-23-25-26-27-28-29-31-32-34-36-38-40-42-44-46-48-50-55(64)54(53-69-61-60(68)59(67)58(66)56(52-63)70-61)62-57(65)51-49-47-45-43-41-39-37-35-33-30-24-22-20-18-16-14-12-10-8-6-4-2/h6,8,12,14,18,20,24,30,32,34,40,42,48,50,54-56,58-61,63-64,66-68H,3-5,7,9-11,13,15-17,19,21-23,25-29,31,33,35-39,41,43-47,49,51-53H2,1-2H3,(H,62,65)/b8-6-,14-12-,20-18-,30-24-,34-32+,42-40+,50-48+. The van der Waals surface area contributed by atoms with E-state index in [4.69, 9.17) is 9.47 Å². The Hall–Kier alpha value is -2.63. The lowest BCUT2D eigenvalue weighted by atomic mass is 9.99. The molecule has 1 heterocycles. The quantitative estimate of drug-likeness (QED) is 0.0261. The summed E-state index contributed by atoms with van der Waals surface area (Å²) < 4.78 is 11.2. The molecule has 0 radical (unpaired) electrons. The minimum absolute atomic E-state index is 0.201. The van der Waals surface area contributed by atoms with Crippen LogP contribution < -0.4 is 5.32 Å². The Morgan fingerprint density at radius 2 is 0.900 bits per heavy atom. The first kappa shape index (κ1) is 65.4. The highest BCUT2D eigenvalue weighted by atomic mass is 16.7. The van der Waals surface area contributed by atoms with E-state index in [1.54, 1.807) is 6.08 Å². The highest BCUT2D eigenvalue weighted by molar-refractivity contribution is 5.76. The minimum Gasteiger partial charge on any atom is -0.394 e. The Morgan fingerprint density at radius 1 is 0.500 bits per heavy atom. The fourth-order valence-corrected chi connectivity index (χ4v) is 8.65. The van der Waals surface area contributed by atoms with Gasteiger partial charge in [0.1, 0.15) is 24.4 Å². The number of carbonyl (C=O) groups excluding carboxylic acids is 1. The van der Waals surface area contributed by atoms with Gasteiger partial charge in [0, 0.05) is 6.42 Å². The van der Waals surface area contributed by atoms with Crippen molar-refractivity contribution in [2.45, 2.75) is 281 Å². The molecule has 0 aliphatic carbocycles. The van der Waals surface area contributed by atoms with Gasteiger partial charge in [0.2, 0.25) is 5.91 Å². The maximum Gasteiger partial charge on any atom is 0.220 e. The Labute approximate surface area is 429 Å². The molecule has 0 aromatic heterocycles. The van der Waals surface area contributed by atoms with Crippen molar-refractivity contribution >= 4 is 5.91 Å². The van der Waals surface area contributed by atoms with Gasteiger partial charge >= 0.3 is 0 Å². The fourth-order valence-electron chi connectivity index (χ4n) is 8.65. The molecule has 0 spiro atoms. The molecule has 1 rings (SSSR count). The highest BCUT2D eigenvalue weighted by Gasteiger charge is 2.44. The summed E-state index contributed by atoms with van der Waals surface area (Å²) in [6.07, 6.45) is 63.6. The molecule has 1 amide bonds. The first-order valence-corrected chi connectivity index (χ1v) is 28.8. The zero-order valence-corrected chi connectivity index (χ0v) is 44.7. The van der Waals surface area contributed by atoms with Gasteiger partial charge in [-0.3, -0.25) is 4.79 Å². The third kappa shape index (κ3) is 39.0. The average molecular weight is 983 g/mol. The van der Waals surface area contributed by atoms with Gasteiger partial charge in [-0.15, -0.1) is 0 Å². The van der Waals surface area contributed by atoms with Crippen molar-refractivity contribution in [2.24, 2.45) is 0 Å². The number of amides is 1. The van der Waals surface area contributed by atoms with E-state index >= 15 is 0 Å². The maximum absolute atomic E-state index is 13.0. The van der Waals surface area contributed by atoms with Crippen molar-refractivity contribution in [3.05, 3.63) is 85.1 Å². The van der Waals surface area contributed by atoms with Gasteiger partial charge in [0.25, 0.3) is 0 Å². The van der Waals surface area contributed by atoms with Gasteiger partial charge in [0.15, 0.2) is 6.29 Å². The molecule has 7 atom stereocenters. The summed E-state index contributed by atoms with van der Waals surface area (Å²) in [6, 6.07) is -0.839. The average Bonchev–Trinajstić information content (AvgIpc) is 3.36. The number of allylic oxidation sites excluding steroid dienone is 13. The first-order chi connectivity index (χ1) is 34.3. The largest absolute Gasteiger partial charge is 0.394 e. The van der Waals surface area contributed by atoms with E-state index in [2.05, 4.69) is 92.1 Å². The number of aliphatic hydroxyl groups excluding tert-OH is 5. The van der Waals surface area contributed by atoms with Crippen LogP contribution in [0.25, 0.3) is 0 Å². The number of ether oxygens (including phenoxy) is 2. The maximum atomic E-state index is 13.0. The molecule has 1 aliphatic rings. The number of unbranched alkanes of at least 4 members (excludes halogenated alkanes) is 26. The number of carbonyl (C=O) groups is 1. The summed E-state index contributed by atoms with van der Waals surface area (Å²) in [6.45, 7) is 3.65. The van der Waals surface area contributed by atoms with Crippen LogP contribution in [0.5, 0.6) is 0 Å². The summed E-state index contributed by atoms with van der Waals surface area (Å²) in [5.41, 5.74) is 0. The number of rotatable bonds is 48. The van der Waals surface area contributed by atoms with Crippen LogP contribution in [-0.2, 0) is 14.3 Å². The molecule has 9 nitrogen and oxygen atoms in total. The Balaban J connectivity index is 2.28. The van der Waals surface area contributed by atoms with Crippen molar-refractivity contribution in [1.82, 2.24) is 5.32 Å². The van der Waals surface area contributed by atoms with Crippen LogP contribution in [0.3, 0.4) is 0 Å². The number of hydrogen-bond acceptors (Lipinski definition) is 8. The van der Waals surface area contributed by atoms with Crippen LogP contribution in [0.1, 0.15) is 239 Å². The van der Waals surface area contributed by atoms with Crippen LogP contribution in [0.2, 0.25) is 0 Å². The van der Waals surface area contributed by atoms with E-state index in [1.165, 1.54) is 135 Å². The van der Waals surface area contributed by atoms with Crippen molar-refractivity contribution in [3.8, 4) is 0 Å². The third-order valence-electron chi connectivity index (χ3n) is 13.2. The lowest BCUT2D eigenvalue weighted by molar-refractivity contribution is -0.302. The van der Waals surface area contributed by atoms with Crippen molar-refractivity contribution in [1.29, 1.82) is 0 Å². The SMILES string of the molecule is CC/C=C\C/C=C\C/C=C\C/C=C\CCCCCCCCCCC(=O)NC(COC1OC(CO)C(O)C(O)C1O)C(O)/C=C/CC/C=C/CC/C=C/CCCCCCCCCCCCCCCCCC. The summed E-state index contributed by atoms with van der Waals surface area (Å²) in [5.74, 6) is -0.201. The van der Waals surface area contributed by atoms with Gasteiger partial charge in [-0.05, 0) is 83.5 Å². The topological polar surface area (TPSA) is 149 Å². The van der Waals surface area contributed by atoms with Gasteiger partial charge in [0.05, 0.1) is 25.4 Å². The lowest BCUT2D eigenvalue weighted by Gasteiger charge is -2.40. The van der Waals surface area contributed by atoms with Crippen LogP contribution >= 0.6 is 0 Å². The third-order valence-corrected chi connectivity index (χ3v) is 13.2. The fraction of sp³-hybridized carbons (Fsp3) is 0.754. The summed E-state index contributed by atoms with van der Waals surface area (Å²) in [4.78, 5) is 13.0. The van der Waals surface area contributed by atoms with Gasteiger partial charge in [-0.25, -0.2) is 0 Å². The smallest absolute Gasteiger partial charge is 0.220 e. The molecular formula is C61H107NO8. The zero-order chi connectivity index (χ0) is 50.8. The second kappa shape index (κ2) is 49.9. The molecule has 0 saturated carbocycles.